The molecule has 0 saturated carbocycles. The summed E-state index contributed by atoms with van der Waals surface area (Å²) < 4.78 is 5.41. The number of carbonyl (C=O) groups excluding carboxylic acids is 2. The number of nitrogens with one attached hydrogen (secondary N) is 1. The molecule has 2 amide bonds. The molecule has 6 heteroatoms. The van der Waals surface area contributed by atoms with Crippen molar-refractivity contribution in [2.75, 3.05) is 29.9 Å². The van der Waals surface area contributed by atoms with E-state index in [1.807, 2.05) is 55.5 Å². The molecule has 2 aromatic carbocycles. The van der Waals surface area contributed by atoms with E-state index < -0.39 is 0 Å². The highest BCUT2D eigenvalue weighted by Gasteiger charge is 2.23. The molecule has 1 heterocycles. The summed E-state index contributed by atoms with van der Waals surface area (Å²) in [6, 6.07) is 15.4. The lowest BCUT2D eigenvalue weighted by Gasteiger charge is -2.32. The summed E-state index contributed by atoms with van der Waals surface area (Å²) in [6.45, 7) is 4.20. The number of hydrogen-bond donors (Lipinski definition) is 2. The molecule has 148 valence electrons. The molecule has 0 spiro atoms. The minimum Gasteiger partial charge on any atom is -0.494 e. The molecule has 2 aromatic rings. The van der Waals surface area contributed by atoms with E-state index in [9.17, 15) is 9.59 Å². The van der Waals surface area contributed by atoms with Crippen molar-refractivity contribution < 1.29 is 14.3 Å². The Morgan fingerprint density at radius 1 is 1.07 bits per heavy atom. The zero-order valence-corrected chi connectivity index (χ0v) is 16.2. The van der Waals surface area contributed by atoms with Gasteiger partial charge < -0.3 is 20.7 Å². The third kappa shape index (κ3) is 5.25. The molecule has 0 aliphatic carbocycles. The van der Waals surface area contributed by atoms with Gasteiger partial charge in [-0.25, -0.2) is 0 Å². The molecule has 0 unspecified atom stereocenters. The molecule has 1 fully saturated rings. The highest BCUT2D eigenvalue weighted by molar-refractivity contribution is 5.92. The van der Waals surface area contributed by atoms with Gasteiger partial charge in [0.25, 0.3) is 0 Å². The van der Waals surface area contributed by atoms with Crippen LogP contribution in [-0.2, 0) is 16.0 Å². The summed E-state index contributed by atoms with van der Waals surface area (Å²) in [5.41, 5.74) is 8.19. The standard InChI is InChI=1S/C22H27N3O3/c1-2-28-20-9-3-16(4-10-20)15-21(26)24-18-5-7-19(8-6-18)25-13-11-17(12-14-25)22(23)27/h3-10,17H,2,11-15H2,1H3,(H2,23,27)(H,24,26). The van der Waals surface area contributed by atoms with Gasteiger partial charge in [-0.3, -0.25) is 9.59 Å². The second-order valence-electron chi connectivity index (χ2n) is 7.01. The van der Waals surface area contributed by atoms with E-state index >= 15 is 0 Å². The molecule has 3 N–H and O–H groups in total. The molecule has 0 atom stereocenters. The van der Waals surface area contributed by atoms with E-state index in [1.165, 1.54) is 0 Å². The van der Waals surface area contributed by atoms with Crippen LogP contribution in [-0.4, -0.2) is 31.5 Å². The van der Waals surface area contributed by atoms with Crippen LogP contribution < -0.4 is 20.7 Å². The van der Waals surface area contributed by atoms with E-state index in [0.29, 0.717) is 13.0 Å². The van der Waals surface area contributed by atoms with Crippen molar-refractivity contribution in [1.82, 2.24) is 0 Å². The SMILES string of the molecule is CCOc1ccc(CC(=O)Nc2ccc(N3CCC(C(N)=O)CC3)cc2)cc1. The largest absolute Gasteiger partial charge is 0.494 e. The van der Waals surface area contributed by atoms with Gasteiger partial charge in [0.05, 0.1) is 13.0 Å². The number of amides is 2. The van der Waals surface area contributed by atoms with Gasteiger partial charge in [-0.2, -0.15) is 0 Å². The first-order valence-electron chi connectivity index (χ1n) is 9.71. The van der Waals surface area contributed by atoms with Crippen LogP contribution in [0.1, 0.15) is 25.3 Å². The Hall–Kier alpha value is -3.02. The van der Waals surface area contributed by atoms with Gasteiger partial charge in [0, 0.05) is 30.4 Å². The average Bonchev–Trinajstić information content (AvgIpc) is 2.70. The fourth-order valence-corrected chi connectivity index (χ4v) is 3.44. The third-order valence-electron chi connectivity index (χ3n) is 5.01. The first kappa shape index (κ1) is 19.7. The quantitative estimate of drug-likeness (QED) is 0.772. The molecular formula is C22H27N3O3. The number of piperidine rings is 1. The normalized spacial score (nSPS) is 14.5. The maximum absolute atomic E-state index is 12.3. The van der Waals surface area contributed by atoms with Crippen molar-refractivity contribution in [3.8, 4) is 5.75 Å². The number of benzene rings is 2. The number of carbonyl (C=O) groups is 2. The number of primary amides is 1. The van der Waals surface area contributed by atoms with Crippen molar-refractivity contribution in [3.05, 3.63) is 54.1 Å². The van der Waals surface area contributed by atoms with E-state index in [1.54, 1.807) is 0 Å². The number of hydrogen-bond acceptors (Lipinski definition) is 4. The lowest BCUT2D eigenvalue weighted by Crippen LogP contribution is -2.38. The highest BCUT2D eigenvalue weighted by Crippen LogP contribution is 2.24. The summed E-state index contributed by atoms with van der Waals surface area (Å²) >= 11 is 0. The second kappa shape index (κ2) is 9.26. The van der Waals surface area contributed by atoms with Crippen LogP contribution in [0.15, 0.2) is 48.5 Å². The average molecular weight is 381 g/mol. The number of nitrogens with two attached hydrogens (primary N) is 1. The predicted molar refractivity (Wildman–Crippen MR) is 111 cm³/mol. The summed E-state index contributed by atoms with van der Waals surface area (Å²) in [4.78, 5) is 25.8. The monoisotopic (exact) mass is 381 g/mol. The molecule has 0 radical (unpaired) electrons. The smallest absolute Gasteiger partial charge is 0.228 e. The molecule has 1 aliphatic heterocycles. The number of anilines is 2. The molecular weight excluding hydrogens is 354 g/mol. The summed E-state index contributed by atoms with van der Waals surface area (Å²) in [7, 11) is 0. The minimum absolute atomic E-state index is 0.0163. The first-order valence-corrected chi connectivity index (χ1v) is 9.71. The Bertz CT molecular complexity index is 795. The van der Waals surface area contributed by atoms with Gasteiger partial charge in [0.15, 0.2) is 0 Å². The van der Waals surface area contributed by atoms with Crippen molar-refractivity contribution in [2.24, 2.45) is 11.7 Å². The predicted octanol–water partition coefficient (Wildman–Crippen LogP) is 2.97. The molecule has 1 aliphatic rings. The van der Waals surface area contributed by atoms with Gasteiger partial charge in [0.2, 0.25) is 11.8 Å². The fourth-order valence-electron chi connectivity index (χ4n) is 3.44. The molecule has 6 nitrogen and oxygen atoms in total. The molecule has 3 rings (SSSR count). The van der Waals surface area contributed by atoms with Gasteiger partial charge in [-0.15, -0.1) is 0 Å². The van der Waals surface area contributed by atoms with Crippen molar-refractivity contribution in [1.29, 1.82) is 0 Å². The summed E-state index contributed by atoms with van der Waals surface area (Å²) in [5.74, 6) is 0.531. The van der Waals surface area contributed by atoms with Gasteiger partial charge in [0.1, 0.15) is 5.75 Å². The van der Waals surface area contributed by atoms with Crippen LogP contribution in [0.4, 0.5) is 11.4 Å². The Morgan fingerprint density at radius 3 is 2.29 bits per heavy atom. The van der Waals surface area contributed by atoms with E-state index in [0.717, 1.165) is 48.6 Å². The second-order valence-corrected chi connectivity index (χ2v) is 7.01. The van der Waals surface area contributed by atoms with Crippen LogP contribution >= 0.6 is 0 Å². The van der Waals surface area contributed by atoms with E-state index in [2.05, 4.69) is 10.2 Å². The molecule has 0 bridgehead atoms. The van der Waals surface area contributed by atoms with Gasteiger partial charge in [-0.1, -0.05) is 12.1 Å². The topological polar surface area (TPSA) is 84.7 Å². The Labute approximate surface area is 165 Å². The number of nitrogens with zero attached hydrogens (tertiary/aromatic N) is 1. The van der Waals surface area contributed by atoms with E-state index in [-0.39, 0.29) is 17.7 Å². The van der Waals surface area contributed by atoms with Crippen LogP contribution in [0.5, 0.6) is 5.75 Å². The van der Waals surface area contributed by atoms with Crippen molar-refractivity contribution in [3.63, 3.8) is 0 Å². The number of ether oxygens (including phenoxy) is 1. The first-order chi connectivity index (χ1) is 13.5. The van der Waals surface area contributed by atoms with Gasteiger partial charge >= 0.3 is 0 Å². The molecule has 0 aromatic heterocycles. The summed E-state index contributed by atoms with van der Waals surface area (Å²) in [6.07, 6.45) is 1.89. The van der Waals surface area contributed by atoms with Crippen molar-refractivity contribution in [2.45, 2.75) is 26.2 Å². The Balaban J connectivity index is 1.51. The van der Waals surface area contributed by atoms with Crippen LogP contribution in [0.3, 0.4) is 0 Å². The zero-order valence-electron chi connectivity index (χ0n) is 16.2. The lowest BCUT2D eigenvalue weighted by molar-refractivity contribution is -0.122. The van der Waals surface area contributed by atoms with Crippen LogP contribution in [0, 0.1) is 5.92 Å². The highest BCUT2D eigenvalue weighted by atomic mass is 16.5. The third-order valence-corrected chi connectivity index (χ3v) is 5.01. The zero-order chi connectivity index (χ0) is 19.9. The Morgan fingerprint density at radius 2 is 1.71 bits per heavy atom. The lowest BCUT2D eigenvalue weighted by atomic mass is 9.96. The molecule has 28 heavy (non-hydrogen) atoms. The van der Waals surface area contributed by atoms with Crippen LogP contribution in [0.25, 0.3) is 0 Å². The maximum Gasteiger partial charge on any atom is 0.228 e. The van der Waals surface area contributed by atoms with E-state index in [4.69, 9.17) is 10.5 Å². The van der Waals surface area contributed by atoms with Gasteiger partial charge in [-0.05, 0) is 61.7 Å². The van der Waals surface area contributed by atoms with Crippen molar-refractivity contribution >= 4 is 23.2 Å². The fraction of sp³-hybridized carbons (Fsp3) is 0.364. The maximum atomic E-state index is 12.3. The molecule has 1 saturated heterocycles. The summed E-state index contributed by atoms with van der Waals surface area (Å²) in [5, 5.41) is 2.93. The van der Waals surface area contributed by atoms with Crippen LogP contribution in [0.2, 0.25) is 0 Å². The minimum atomic E-state index is -0.203. The Kier molecular flexibility index (Phi) is 6.53. The number of rotatable bonds is 7.